The van der Waals surface area contributed by atoms with E-state index >= 15 is 0 Å². The van der Waals surface area contributed by atoms with Gasteiger partial charge in [-0.1, -0.05) is 60.2 Å². The summed E-state index contributed by atoms with van der Waals surface area (Å²) >= 11 is 0. The first kappa shape index (κ1) is 17.7. The average Bonchev–Trinajstić information content (AvgIpc) is 2.61. The molecule has 2 rings (SSSR count). The molecule has 0 aromatic heterocycles. The molecule has 24 heavy (non-hydrogen) atoms. The summed E-state index contributed by atoms with van der Waals surface area (Å²) in [5.74, 6) is -0.380. The summed E-state index contributed by atoms with van der Waals surface area (Å²) in [5, 5.41) is 4.16. The smallest absolute Gasteiger partial charge is 0.413 e. The van der Waals surface area contributed by atoms with Crippen LogP contribution in [0.4, 0.5) is 4.79 Å². The van der Waals surface area contributed by atoms with Crippen molar-refractivity contribution < 1.29 is 19.6 Å². The van der Waals surface area contributed by atoms with Crippen molar-refractivity contribution >= 4 is 12.0 Å². The molecule has 0 fully saturated rings. The number of aryl methyl sites for hydroxylation is 1. The van der Waals surface area contributed by atoms with Crippen LogP contribution in [-0.4, -0.2) is 25.2 Å². The number of amides is 2. The van der Waals surface area contributed by atoms with E-state index in [2.05, 4.69) is 34.3 Å². The van der Waals surface area contributed by atoms with E-state index in [-0.39, 0.29) is 11.9 Å². The van der Waals surface area contributed by atoms with Gasteiger partial charge in [0.2, 0.25) is 0 Å². The minimum atomic E-state index is -0.744. The summed E-state index contributed by atoms with van der Waals surface area (Å²) in [6.07, 6.45) is -0.744. The highest BCUT2D eigenvalue weighted by Crippen LogP contribution is 2.18. The molecule has 0 aliphatic carbocycles. The standard InChI is InChI=1S/C19H22N2O3/c1-13-9-11-16(12-10-13)17(15-7-5-4-6-8-15)20-14(2)18(22)21-19(23)24-3/h4-12,14,17,20H,1-3H3,(H,21,22,23)/p+1/t14-,17-/m0/s1. The number of imide groups is 1. The third-order valence-corrected chi connectivity index (χ3v) is 3.90. The van der Waals surface area contributed by atoms with E-state index in [1.165, 1.54) is 12.7 Å². The molecule has 0 radical (unpaired) electrons. The molecule has 0 aliphatic rings. The molecule has 2 atom stereocenters. The zero-order valence-electron chi connectivity index (χ0n) is 14.2. The third kappa shape index (κ3) is 4.67. The first-order valence-corrected chi connectivity index (χ1v) is 7.86. The summed E-state index contributed by atoms with van der Waals surface area (Å²) in [7, 11) is 1.23. The Morgan fingerprint density at radius 2 is 1.58 bits per heavy atom. The van der Waals surface area contributed by atoms with Gasteiger partial charge in [-0.25, -0.2) is 4.79 Å². The molecule has 0 unspecified atom stereocenters. The van der Waals surface area contributed by atoms with Crippen molar-refractivity contribution in [3.8, 4) is 0 Å². The van der Waals surface area contributed by atoms with Crippen molar-refractivity contribution in [1.29, 1.82) is 0 Å². The predicted octanol–water partition coefficient (Wildman–Crippen LogP) is 1.92. The molecule has 2 aromatic rings. The van der Waals surface area contributed by atoms with Crippen LogP contribution < -0.4 is 10.6 Å². The molecular weight excluding hydrogens is 304 g/mol. The number of carbonyl (C=O) groups is 2. The van der Waals surface area contributed by atoms with Gasteiger partial charge in [-0.05, 0) is 13.8 Å². The van der Waals surface area contributed by atoms with Gasteiger partial charge in [0.05, 0.1) is 7.11 Å². The summed E-state index contributed by atoms with van der Waals surface area (Å²) in [5.41, 5.74) is 3.38. The topological polar surface area (TPSA) is 72.0 Å². The van der Waals surface area contributed by atoms with Gasteiger partial charge < -0.3 is 10.1 Å². The predicted molar refractivity (Wildman–Crippen MR) is 91.4 cm³/mol. The van der Waals surface area contributed by atoms with Crippen LogP contribution in [-0.2, 0) is 9.53 Å². The molecule has 0 saturated carbocycles. The fraction of sp³-hybridized carbons (Fsp3) is 0.263. The maximum atomic E-state index is 12.1. The number of alkyl carbamates (subject to hydrolysis) is 1. The Bertz CT molecular complexity index is 684. The highest BCUT2D eigenvalue weighted by Gasteiger charge is 2.25. The second-order valence-electron chi connectivity index (χ2n) is 5.76. The summed E-state index contributed by atoms with van der Waals surface area (Å²) in [4.78, 5) is 23.3. The Balaban J connectivity index is 2.22. The van der Waals surface area contributed by atoms with Crippen LogP contribution in [0.15, 0.2) is 54.6 Å². The fourth-order valence-electron chi connectivity index (χ4n) is 2.49. The van der Waals surface area contributed by atoms with Gasteiger partial charge in [-0.2, -0.15) is 0 Å². The highest BCUT2D eigenvalue weighted by atomic mass is 16.5. The van der Waals surface area contributed by atoms with Gasteiger partial charge in [0.1, 0.15) is 6.04 Å². The van der Waals surface area contributed by atoms with Gasteiger partial charge in [0, 0.05) is 11.1 Å². The van der Waals surface area contributed by atoms with E-state index in [0.717, 1.165) is 11.1 Å². The van der Waals surface area contributed by atoms with Gasteiger partial charge in [0.15, 0.2) is 6.04 Å². The third-order valence-electron chi connectivity index (χ3n) is 3.90. The first-order valence-electron chi connectivity index (χ1n) is 7.86. The van der Waals surface area contributed by atoms with Crippen molar-refractivity contribution in [2.45, 2.75) is 25.9 Å². The van der Waals surface area contributed by atoms with Crippen LogP contribution in [0.1, 0.15) is 29.7 Å². The van der Waals surface area contributed by atoms with Crippen molar-refractivity contribution in [1.82, 2.24) is 5.32 Å². The average molecular weight is 327 g/mol. The lowest BCUT2D eigenvalue weighted by Gasteiger charge is -2.20. The van der Waals surface area contributed by atoms with Gasteiger partial charge in [-0.3, -0.25) is 10.1 Å². The Morgan fingerprint density at radius 3 is 2.17 bits per heavy atom. The Morgan fingerprint density at radius 1 is 1.00 bits per heavy atom. The van der Waals surface area contributed by atoms with Crippen molar-refractivity contribution in [2.75, 3.05) is 7.11 Å². The summed E-state index contributed by atoms with van der Waals surface area (Å²) in [6, 6.07) is 17.7. The number of benzene rings is 2. The van der Waals surface area contributed by atoms with E-state index in [4.69, 9.17) is 0 Å². The molecule has 5 heteroatoms. The molecule has 0 spiro atoms. The lowest BCUT2D eigenvalue weighted by Crippen LogP contribution is -2.92. The van der Waals surface area contributed by atoms with Crippen molar-refractivity contribution in [3.63, 3.8) is 0 Å². The Kier molecular flexibility index (Phi) is 6.09. The molecule has 2 aromatic carbocycles. The van der Waals surface area contributed by atoms with Gasteiger partial charge in [-0.15, -0.1) is 0 Å². The van der Waals surface area contributed by atoms with E-state index in [0.29, 0.717) is 0 Å². The van der Waals surface area contributed by atoms with E-state index < -0.39 is 12.1 Å². The summed E-state index contributed by atoms with van der Waals surface area (Å²) in [6.45, 7) is 3.81. The van der Waals surface area contributed by atoms with Gasteiger partial charge in [0.25, 0.3) is 5.91 Å². The van der Waals surface area contributed by atoms with Crippen LogP contribution in [0.3, 0.4) is 0 Å². The van der Waals surface area contributed by atoms with Gasteiger partial charge >= 0.3 is 6.09 Å². The van der Waals surface area contributed by atoms with Crippen LogP contribution in [0.2, 0.25) is 0 Å². The van der Waals surface area contributed by atoms with Crippen molar-refractivity contribution in [3.05, 3.63) is 71.3 Å². The van der Waals surface area contributed by atoms with Crippen LogP contribution in [0.25, 0.3) is 0 Å². The SMILES string of the molecule is COC(=O)NC(=O)[C@H](C)[NH2+][C@@H](c1ccccc1)c1ccc(C)cc1. The largest absolute Gasteiger partial charge is 0.453 e. The quantitative estimate of drug-likeness (QED) is 0.881. The minimum absolute atomic E-state index is 0.0369. The number of nitrogens with one attached hydrogen (secondary N) is 1. The number of nitrogens with two attached hydrogens (primary N) is 1. The number of quaternary nitrogens is 1. The molecule has 0 heterocycles. The number of rotatable bonds is 5. The molecular formula is C19H23N2O3+. The first-order chi connectivity index (χ1) is 11.5. The molecule has 0 saturated heterocycles. The fourth-order valence-corrected chi connectivity index (χ4v) is 2.49. The summed E-state index contributed by atoms with van der Waals surface area (Å²) < 4.78 is 4.47. The van der Waals surface area contributed by atoms with E-state index in [9.17, 15) is 9.59 Å². The number of hydrogen-bond acceptors (Lipinski definition) is 3. The van der Waals surface area contributed by atoms with Crippen LogP contribution in [0.5, 0.6) is 0 Å². The number of ether oxygens (including phenoxy) is 1. The Hall–Kier alpha value is -2.66. The molecule has 126 valence electrons. The van der Waals surface area contributed by atoms with E-state index in [1.807, 2.05) is 42.6 Å². The zero-order valence-corrected chi connectivity index (χ0v) is 14.2. The second-order valence-corrected chi connectivity index (χ2v) is 5.76. The number of carbonyl (C=O) groups excluding carboxylic acids is 2. The maximum absolute atomic E-state index is 12.1. The van der Waals surface area contributed by atoms with Crippen molar-refractivity contribution in [2.24, 2.45) is 0 Å². The molecule has 0 bridgehead atoms. The Labute approximate surface area is 142 Å². The van der Waals surface area contributed by atoms with Crippen LogP contribution in [0, 0.1) is 6.92 Å². The number of methoxy groups -OCH3 is 1. The second kappa shape index (κ2) is 8.26. The maximum Gasteiger partial charge on any atom is 0.413 e. The molecule has 3 N–H and O–H groups in total. The monoisotopic (exact) mass is 327 g/mol. The molecule has 0 aliphatic heterocycles. The molecule has 2 amide bonds. The van der Waals surface area contributed by atoms with Crippen LogP contribution >= 0.6 is 0 Å². The highest BCUT2D eigenvalue weighted by molar-refractivity contribution is 5.93. The molecule has 5 nitrogen and oxygen atoms in total. The zero-order chi connectivity index (χ0) is 17.5. The lowest BCUT2D eigenvalue weighted by atomic mass is 9.97. The normalized spacial score (nSPS) is 13.0. The van der Waals surface area contributed by atoms with E-state index in [1.54, 1.807) is 6.92 Å². The minimum Gasteiger partial charge on any atom is -0.453 e. The lowest BCUT2D eigenvalue weighted by molar-refractivity contribution is -0.704. The number of hydrogen-bond donors (Lipinski definition) is 2.